The second-order valence-electron chi connectivity index (χ2n) is 6.62. The van der Waals surface area contributed by atoms with Gasteiger partial charge < -0.3 is 24.8 Å². The molecule has 0 aromatic heterocycles. The molecule has 2 amide bonds. The summed E-state index contributed by atoms with van der Waals surface area (Å²) in [5.41, 5.74) is 1.37. The molecule has 1 unspecified atom stereocenters. The first-order valence-corrected chi connectivity index (χ1v) is 9.09. The van der Waals surface area contributed by atoms with Crippen LogP contribution in [0.15, 0.2) is 66.7 Å². The van der Waals surface area contributed by atoms with Gasteiger partial charge in [0, 0.05) is 5.69 Å². The molecule has 2 heterocycles. The second kappa shape index (κ2) is 6.87. The Morgan fingerprint density at radius 1 is 0.931 bits per heavy atom. The van der Waals surface area contributed by atoms with E-state index in [0.717, 1.165) is 0 Å². The third-order valence-electron chi connectivity index (χ3n) is 4.65. The van der Waals surface area contributed by atoms with Crippen molar-refractivity contribution in [2.24, 2.45) is 0 Å². The third kappa shape index (κ3) is 3.23. The zero-order valence-corrected chi connectivity index (χ0v) is 15.2. The zero-order chi connectivity index (χ0) is 19.8. The van der Waals surface area contributed by atoms with Crippen LogP contribution in [0, 0.1) is 0 Å². The summed E-state index contributed by atoms with van der Waals surface area (Å²) in [6.45, 7) is 0.104. The number of nitrogens with one attached hydrogen (secondary N) is 2. The average molecular weight is 388 g/mol. The molecule has 0 fully saturated rings. The molecule has 7 nitrogen and oxygen atoms in total. The number of rotatable bonds is 2. The van der Waals surface area contributed by atoms with Gasteiger partial charge in [-0.05, 0) is 42.5 Å². The Labute approximate surface area is 166 Å². The molecule has 5 rings (SSSR count). The molecule has 0 saturated carbocycles. The molecular formula is C22H16N2O5. The van der Waals surface area contributed by atoms with Gasteiger partial charge in [-0.1, -0.05) is 24.3 Å². The molecular weight excluding hydrogens is 372 g/mol. The van der Waals surface area contributed by atoms with Gasteiger partial charge in [0.05, 0.1) is 11.3 Å². The normalized spacial score (nSPS) is 16.4. The van der Waals surface area contributed by atoms with Crippen molar-refractivity contribution >= 4 is 23.2 Å². The van der Waals surface area contributed by atoms with Gasteiger partial charge in [0.2, 0.25) is 6.10 Å². The number of benzene rings is 3. The molecule has 2 aliphatic rings. The van der Waals surface area contributed by atoms with Gasteiger partial charge in [0.25, 0.3) is 11.8 Å². The summed E-state index contributed by atoms with van der Waals surface area (Å²) >= 11 is 0. The maximum absolute atomic E-state index is 12.6. The molecule has 29 heavy (non-hydrogen) atoms. The van der Waals surface area contributed by atoms with Gasteiger partial charge in [0.15, 0.2) is 17.2 Å². The minimum Gasteiger partial charge on any atom is -0.485 e. The minimum atomic E-state index is -0.793. The van der Waals surface area contributed by atoms with Crippen LogP contribution in [-0.2, 0) is 4.79 Å². The van der Waals surface area contributed by atoms with E-state index >= 15 is 0 Å². The van der Waals surface area contributed by atoms with Gasteiger partial charge in [-0.2, -0.15) is 0 Å². The van der Waals surface area contributed by atoms with E-state index in [1.807, 2.05) is 24.3 Å². The molecule has 1 atom stereocenters. The highest BCUT2D eigenvalue weighted by atomic mass is 16.6. The number of carbonyl (C=O) groups is 2. The van der Waals surface area contributed by atoms with Gasteiger partial charge in [0.1, 0.15) is 12.4 Å². The standard InChI is InChI=1S/C22H16N2O5/c25-21-14-11-13(9-10-16(14)28-17-6-2-1-5-15(17)24-21)23-22(26)20-12-27-18-7-3-4-8-19(18)29-20/h1-11,20H,12H2,(H,23,26)(H,24,25). The topological polar surface area (TPSA) is 85.9 Å². The molecule has 0 radical (unpaired) electrons. The summed E-state index contributed by atoms with van der Waals surface area (Å²) in [6.07, 6.45) is -0.793. The summed E-state index contributed by atoms with van der Waals surface area (Å²) < 4.78 is 17.2. The van der Waals surface area contributed by atoms with Crippen molar-refractivity contribution in [3.8, 4) is 23.0 Å². The molecule has 3 aromatic rings. The van der Waals surface area contributed by atoms with Crippen LogP contribution < -0.4 is 24.8 Å². The summed E-state index contributed by atoms with van der Waals surface area (Å²) in [5, 5.41) is 5.59. The molecule has 0 spiro atoms. The van der Waals surface area contributed by atoms with Crippen LogP contribution in [0.3, 0.4) is 0 Å². The van der Waals surface area contributed by atoms with Gasteiger partial charge in [-0.3, -0.25) is 9.59 Å². The second-order valence-corrected chi connectivity index (χ2v) is 6.62. The number of fused-ring (bicyclic) bond motifs is 3. The Balaban J connectivity index is 1.35. The van der Waals surface area contributed by atoms with Crippen molar-refractivity contribution in [2.45, 2.75) is 6.10 Å². The Hall–Kier alpha value is -4.00. The fourth-order valence-electron chi connectivity index (χ4n) is 3.21. The first-order chi connectivity index (χ1) is 14.2. The van der Waals surface area contributed by atoms with Crippen LogP contribution in [0.5, 0.6) is 23.0 Å². The average Bonchev–Trinajstić information content (AvgIpc) is 2.89. The van der Waals surface area contributed by atoms with Crippen LogP contribution in [-0.4, -0.2) is 24.5 Å². The van der Waals surface area contributed by atoms with E-state index in [0.29, 0.717) is 39.9 Å². The summed E-state index contributed by atoms with van der Waals surface area (Å²) in [7, 11) is 0. The minimum absolute atomic E-state index is 0.104. The monoisotopic (exact) mass is 388 g/mol. The predicted octanol–water partition coefficient (Wildman–Crippen LogP) is 3.82. The van der Waals surface area contributed by atoms with E-state index in [-0.39, 0.29) is 18.4 Å². The highest BCUT2D eigenvalue weighted by Crippen LogP contribution is 2.36. The summed E-state index contributed by atoms with van der Waals surface area (Å²) in [4.78, 5) is 25.2. The molecule has 144 valence electrons. The Morgan fingerprint density at radius 2 is 1.69 bits per heavy atom. The maximum atomic E-state index is 12.6. The zero-order valence-electron chi connectivity index (χ0n) is 15.2. The lowest BCUT2D eigenvalue weighted by atomic mass is 10.1. The Kier molecular flexibility index (Phi) is 4.05. The quantitative estimate of drug-likeness (QED) is 0.697. The van der Waals surface area contributed by atoms with E-state index in [1.165, 1.54) is 0 Å². The van der Waals surface area contributed by atoms with E-state index in [9.17, 15) is 9.59 Å². The number of hydrogen-bond acceptors (Lipinski definition) is 5. The van der Waals surface area contributed by atoms with Crippen molar-refractivity contribution in [1.82, 2.24) is 0 Å². The predicted molar refractivity (Wildman–Crippen MR) is 106 cm³/mol. The maximum Gasteiger partial charge on any atom is 0.269 e. The molecule has 2 aliphatic heterocycles. The van der Waals surface area contributed by atoms with Crippen LogP contribution in [0.2, 0.25) is 0 Å². The molecule has 3 aromatic carbocycles. The summed E-state index contributed by atoms with van der Waals surface area (Å²) in [5.74, 6) is 1.42. The fourth-order valence-corrected chi connectivity index (χ4v) is 3.21. The van der Waals surface area contributed by atoms with Crippen molar-refractivity contribution in [2.75, 3.05) is 17.2 Å². The smallest absolute Gasteiger partial charge is 0.269 e. The van der Waals surface area contributed by atoms with Gasteiger partial charge in [-0.15, -0.1) is 0 Å². The van der Waals surface area contributed by atoms with Crippen molar-refractivity contribution < 1.29 is 23.8 Å². The van der Waals surface area contributed by atoms with Crippen LogP contribution >= 0.6 is 0 Å². The number of anilines is 2. The van der Waals surface area contributed by atoms with E-state index < -0.39 is 6.10 Å². The number of ether oxygens (including phenoxy) is 3. The lowest BCUT2D eigenvalue weighted by Crippen LogP contribution is -2.40. The highest BCUT2D eigenvalue weighted by Gasteiger charge is 2.28. The van der Waals surface area contributed by atoms with Crippen LogP contribution in [0.4, 0.5) is 11.4 Å². The number of amides is 2. The highest BCUT2D eigenvalue weighted by molar-refractivity contribution is 6.09. The lowest BCUT2D eigenvalue weighted by Gasteiger charge is -2.25. The summed E-state index contributed by atoms with van der Waals surface area (Å²) in [6, 6.07) is 19.3. The van der Waals surface area contributed by atoms with Crippen molar-refractivity contribution in [3.63, 3.8) is 0 Å². The van der Waals surface area contributed by atoms with Gasteiger partial charge >= 0.3 is 0 Å². The van der Waals surface area contributed by atoms with Crippen LogP contribution in [0.25, 0.3) is 0 Å². The number of carbonyl (C=O) groups excluding carboxylic acids is 2. The fraction of sp³-hybridized carbons (Fsp3) is 0.0909. The molecule has 2 N–H and O–H groups in total. The van der Waals surface area contributed by atoms with Crippen molar-refractivity contribution in [3.05, 3.63) is 72.3 Å². The number of hydrogen-bond donors (Lipinski definition) is 2. The Bertz CT molecular complexity index is 1130. The Morgan fingerprint density at radius 3 is 2.55 bits per heavy atom. The third-order valence-corrected chi connectivity index (χ3v) is 4.65. The first kappa shape index (κ1) is 17.1. The molecule has 7 heteroatoms. The molecule has 0 aliphatic carbocycles. The SMILES string of the molecule is O=C1Nc2ccccc2Oc2ccc(NC(=O)C3COc4ccccc4O3)cc21. The van der Waals surface area contributed by atoms with Crippen LogP contribution in [0.1, 0.15) is 10.4 Å². The van der Waals surface area contributed by atoms with E-state index in [4.69, 9.17) is 14.2 Å². The first-order valence-electron chi connectivity index (χ1n) is 9.09. The molecule has 0 saturated heterocycles. The lowest BCUT2D eigenvalue weighted by molar-refractivity contribution is -0.125. The molecule has 0 bridgehead atoms. The van der Waals surface area contributed by atoms with E-state index in [1.54, 1.807) is 42.5 Å². The van der Waals surface area contributed by atoms with Crippen molar-refractivity contribution in [1.29, 1.82) is 0 Å². The largest absolute Gasteiger partial charge is 0.485 e. The van der Waals surface area contributed by atoms with Gasteiger partial charge in [-0.25, -0.2) is 0 Å². The van der Waals surface area contributed by atoms with E-state index in [2.05, 4.69) is 10.6 Å². The number of para-hydroxylation sites is 4.